The van der Waals surface area contributed by atoms with Crippen molar-refractivity contribution in [2.45, 2.75) is 6.54 Å². The van der Waals surface area contributed by atoms with E-state index in [-0.39, 0.29) is 13.2 Å². The monoisotopic (exact) mass is 375 g/mol. The second kappa shape index (κ2) is 9.05. The molecule has 0 unspecified atom stereocenters. The Bertz CT molecular complexity index is 1050. The molecule has 7 heteroatoms. The lowest BCUT2D eigenvalue weighted by Gasteiger charge is -2.09. The summed E-state index contributed by atoms with van der Waals surface area (Å²) in [4.78, 5) is 23.7. The van der Waals surface area contributed by atoms with Crippen molar-refractivity contribution < 1.29 is 18.7 Å². The van der Waals surface area contributed by atoms with Gasteiger partial charge in [-0.3, -0.25) is 9.59 Å². The Morgan fingerprint density at radius 2 is 2.00 bits per heavy atom. The lowest BCUT2D eigenvalue weighted by molar-refractivity contribution is -0.139. The predicted molar refractivity (Wildman–Crippen MR) is 105 cm³/mol. The van der Waals surface area contributed by atoms with Crippen LogP contribution in [-0.4, -0.2) is 24.6 Å². The SMILES string of the molecule is C#CCOc1ccc2ccccc2c1/C=N\NC(=O)C(=O)NCc1ccco1. The Morgan fingerprint density at radius 3 is 2.79 bits per heavy atom. The highest BCUT2D eigenvalue weighted by Crippen LogP contribution is 2.26. The predicted octanol–water partition coefficient (Wildman–Crippen LogP) is 2.21. The van der Waals surface area contributed by atoms with Crippen LogP contribution in [0, 0.1) is 12.3 Å². The standard InChI is InChI=1S/C21H17N3O4/c1-2-11-28-19-10-9-15-6-3-4-8-17(15)18(19)14-23-24-21(26)20(25)22-13-16-7-5-12-27-16/h1,3-10,12,14H,11,13H2,(H,22,25)(H,24,26)/b23-14-. The van der Waals surface area contributed by atoms with Crippen molar-refractivity contribution in [3.05, 3.63) is 66.1 Å². The van der Waals surface area contributed by atoms with Gasteiger partial charge in [-0.1, -0.05) is 36.3 Å². The third-order valence-corrected chi connectivity index (χ3v) is 3.81. The van der Waals surface area contributed by atoms with Crippen LogP contribution in [0.1, 0.15) is 11.3 Å². The van der Waals surface area contributed by atoms with Crippen LogP contribution in [0.25, 0.3) is 10.8 Å². The number of hydrogen-bond donors (Lipinski definition) is 2. The molecule has 0 atom stereocenters. The maximum atomic E-state index is 11.9. The maximum absolute atomic E-state index is 11.9. The molecule has 28 heavy (non-hydrogen) atoms. The molecule has 2 aromatic carbocycles. The molecule has 3 aromatic rings. The first-order valence-electron chi connectivity index (χ1n) is 8.40. The minimum Gasteiger partial charge on any atom is -0.480 e. The fourth-order valence-corrected chi connectivity index (χ4v) is 2.52. The lowest BCUT2D eigenvalue weighted by Crippen LogP contribution is -2.37. The van der Waals surface area contributed by atoms with Crippen molar-refractivity contribution in [1.82, 2.24) is 10.7 Å². The summed E-state index contributed by atoms with van der Waals surface area (Å²) in [6, 6.07) is 14.7. The number of nitrogens with one attached hydrogen (secondary N) is 2. The van der Waals surface area contributed by atoms with Crippen LogP contribution >= 0.6 is 0 Å². The number of hydrazone groups is 1. The molecule has 0 fully saturated rings. The van der Waals surface area contributed by atoms with Gasteiger partial charge in [0.25, 0.3) is 0 Å². The van der Waals surface area contributed by atoms with E-state index in [1.807, 2.05) is 30.3 Å². The molecule has 1 aromatic heterocycles. The van der Waals surface area contributed by atoms with Crippen LogP contribution in [0.4, 0.5) is 0 Å². The van der Waals surface area contributed by atoms with Gasteiger partial charge < -0.3 is 14.5 Å². The average Bonchev–Trinajstić information content (AvgIpc) is 3.24. The van der Waals surface area contributed by atoms with E-state index >= 15 is 0 Å². The molecule has 0 aliphatic carbocycles. The minimum absolute atomic E-state index is 0.0979. The third kappa shape index (κ3) is 4.56. The topological polar surface area (TPSA) is 92.9 Å². The molecule has 0 aliphatic heterocycles. The van der Waals surface area contributed by atoms with Gasteiger partial charge in [-0.2, -0.15) is 5.10 Å². The summed E-state index contributed by atoms with van der Waals surface area (Å²) < 4.78 is 10.6. The van der Waals surface area contributed by atoms with Crippen molar-refractivity contribution in [3.63, 3.8) is 0 Å². The third-order valence-electron chi connectivity index (χ3n) is 3.81. The van der Waals surface area contributed by atoms with Gasteiger partial charge in [-0.05, 0) is 29.0 Å². The quantitative estimate of drug-likeness (QED) is 0.299. The number of terminal acetylenes is 1. The molecule has 0 aliphatic rings. The Kier molecular flexibility index (Phi) is 6.06. The van der Waals surface area contributed by atoms with Crippen LogP contribution in [0.5, 0.6) is 5.75 Å². The number of benzene rings is 2. The fourth-order valence-electron chi connectivity index (χ4n) is 2.52. The zero-order valence-electron chi connectivity index (χ0n) is 14.8. The number of carbonyl (C=O) groups is 2. The van der Waals surface area contributed by atoms with E-state index in [2.05, 4.69) is 21.8 Å². The molecule has 0 saturated heterocycles. The average molecular weight is 375 g/mol. The van der Waals surface area contributed by atoms with Crippen LogP contribution in [0.15, 0.2) is 64.3 Å². The Labute approximate surface area is 161 Å². The van der Waals surface area contributed by atoms with Crippen molar-refractivity contribution >= 4 is 28.8 Å². The lowest BCUT2D eigenvalue weighted by atomic mass is 10.0. The molecule has 2 N–H and O–H groups in total. The number of fused-ring (bicyclic) bond motifs is 1. The second-order valence-corrected chi connectivity index (χ2v) is 5.65. The van der Waals surface area contributed by atoms with Crippen LogP contribution in [0.3, 0.4) is 0 Å². The highest BCUT2D eigenvalue weighted by atomic mass is 16.5. The van der Waals surface area contributed by atoms with Crippen molar-refractivity contribution in [2.75, 3.05) is 6.61 Å². The van der Waals surface area contributed by atoms with Crippen molar-refractivity contribution in [1.29, 1.82) is 0 Å². The van der Waals surface area contributed by atoms with E-state index in [1.165, 1.54) is 12.5 Å². The highest BCUT2D eigenvalue weighted by Gasteiger charge is 2.13. The second-order valence-electron chi connectivity index (χ2n) is 5.65. The summed E-state index contributed by atoms with van der Waals surface area (Å²) in [6.07, 6.45) is 8.16. The summed E-state index contributed by atoms with van der Waals surface area (Å²) in [5.74, 6) is 1.75. The first kappa shape index (κ1) is 18.7. The van der Waals surface area contributed by atoms with Gasteiger partial charge in [-0.15, -0.1) is 6.42 Å². The molecule has 0 bridgehead atoms. The maximum Gasteiger partial charge on any atom is 0.329 e. The van der Waals surface area contributed by atoms with E-state index in [4.69, 9.17) is 15.6 Å². The molecule has 3 rings (SSSR count). The van der Waals surface area contributed by atoms with E-state index in [1.54, 1.807) is 18.2 Å². The molecule has 0 saturated carbocycles. The van der Waals surface area contributed by atoms with E-state index in [0.717, 1.165) is 10.8 Å². The number of furan rings is 1. The molecule has 1 heterocycles. The number of ether oxygens (including phenoxy) is 1. The number of nitrogens with zero attached hydrogens (tertiary/aromatic N) is 1. The van der Waals surface area contributed by atoms with Crippen LogP contribution in [-0.2, 0) is 16.1 Å². The Balaban J connectivity index is 1.70. The summed E-state index contributed by atoms with van der Waals surface area (Å²) in [6.45, 7) is 0.205. The molecule has 0 spiro atoms. The van der Waals surface area contributed by atoms with Gasteiger partial charge in [0.05, 0.1) is 19.0 Å². The van der Waals surface area contributed by atoms with Crippen LogP contribution < -0.4 is 15.5 Å². The summed E-state index contributed by atoms with van der Waals surface area (Å²) in [5, 5.41) is 8.17. The van der Waals surface area contributed by atoms with E-state index in [9.17, 15) is 9.59 Å². The largest absolute Gasteiger partial charge is 0.480 e. The number of rotatable bonds is 6. The zero-order valence-corrected chi connectivity index (χ0v) is 14.8. The number of carbonyl (C=O) groups excluding carboxylic acids is 2. The highest BCUT2D eigenvalue weighted by molar-refractivity contribution is 6.35. The molecule has 2 amide bonds. The fraction of sp³-hybridized carbons (Fsp3) is 0.0952. The molecule has 0 radical (unpaired) electrons. The molecule has 140 valence electrons. The van der Waals surface area contributed by atoms with Gasteiger partial charge in [0.2, 0.25) is 0 Å². The van der Waals surface area contributed by atoms with Gasteiger partial charge in [0.1, 0.15) is 18.1 Å². The Hall–Kier alpha value is -4.05. The summed E-state index contributed by atoms with van der Waals surface area (Å²) in [7, 11) is 0. The van der Waals surface area contributed by atoms with Gasteiger partial charge in [-0.25, -0.2) is 5.43 Å². The normalized spacial score (nSPS) is 10.5. The zero-order chi connectivity index (χ0) is 19.8. The molecular formula is C21H17N3O4. The summed E-state index contributed by atoms with van der Waals surface area (Å²) in [5.41, 5.74) is 2.84. The first-order valence-corrected chi connectivity index (χ1v) is 8.40. The minimum atomic E-state index is -0.894. The number of amides is 2. The smallest absolute Gasteiger partial charge is 0.329 e. The van der Waals surface area contributed by atoms with Crippen molar-refractivity contribution in [2.24, 2.45) is 5.10 Å². The van der Waals surface area contributed by atoms with E-state index < -0.39 is 11.8 Å². The van der Waals surface area contributed by atoms with Gasteiger partial charge in [0.15, 0.2) is 0 Å². The van der Waals surface area contributed by atoms with E-state index in [0.29, 0.717) is 17.1 Å². The summed E-state index contributed by atoms with van der Waals surface area (Å²) >= 11 is 0. The molecule has 7 nitrogen and oxygen atoms in total. The van der Waals surface area contributed by atoms with Crippen LogP contribution in [0.2, 0.25) is 0 Å². The van der Waals surface area contributed by atoms with Crippen molar-refractivity contribution in [3.8, 4) is 18.1 Å². The van der Waals surface area contributed by atoms with Gasteiger partial charge >= 0.3 is 11.8 Å². The molecular weight excluding hydrogens is 358 g/mol. The Morgan fingerprint density at radius 1 is 1.14 bits per heavy atom. The number of hydrogen-bond acceptors (Lipinski definition) is 5. The van der Waals surface area contributed by atoms with Gasteiger partial charge in [0, 0.05) is 5.56 Å². The first-order chi connectivity index (χ1) is 13.7.